The summed E-state index contributed by atoms with van der Waals surface area (Å²) in [6, 6.07) is 7.22. The molecule has 1 N–H and O–H groups in total. The zero-order valence-corrected chi connectivity index (χ0v) is 13.8. The molecule has 1 aliphatic rings. The highest BCUT2D eigenvalue weighted by Gasteiger charge is 2.20. The molecular formula is C16H20BrN3. The van der Waals surface area contributed by atoms with Gasteiger partial charge in [0.2, 0.25) is 0 Å². The summed E-state index contributed by atoms with van der Waals surface area (Å²) in [6.07, 6.45) is 2.64. The van der Waals surface area contributed by atoms with Gasteiger partial charge in [0.05, 0.1) is 11.4 Å². The molecule has 1 aromatic carbocycles. The average molecular weight is 334 g/mol. The van der Waals surface area contributed by atoms with Crippen molar-refractivity contribution in [1.82, 2.24) is 15.1 Å². The van der Waals surface area contributed by atoms with Crippen LogP contribution in [0.25, 0.3) is 5.69 Å². The molecule has 1 aliphatic carbocycles. The number of hydrogen-bond donors (Lipinski definition) is 1. The fourth-order valence-corrected chi connectivity index (χ4v) is 2.83. The fraction of sp³-hybridized carbons (Fsp3) is 0.438. The minimum Gasteiger partial charge on any atom is -0.310 e. The van der Waals surface area contributed by atoms with E-state index in [-0.39, 0.29) is 0 Å². The number of halogens is 1. The predicted octanol–water partition coefficient (Wildman–Crippen LogP) is 3.81. The molecule has 0 unspecified atom stereocenters. The Kier molecular flexibility index (Phi) is 3.69. The lowest BCUT2D eigenvalue weighted by Crippen LogP contribution is -2.15. The summed E-state index contributed by atoms with van der Waals surface area (Å²) in [5, 5.41) is 8.16. The standard InChI is InChI=1S/C16H20BrN3/c1-10-11(2)19-20(12(10)3)15-7-4-13(16(17)8-15)9-18-14-5-6-14/h4,7-8,14,18H,5-6,9H2,1-3H3. The Morgan fingerprint density at radius 2 is 2.05 bits per heavy atom. The van der Waals surface area contributed by atoms with E-state index in [4.69, 9.17) is 0 Å². The van der Waals surface area contributed by atoms with Gasteiger partial charge < -0.3 is 5.32 Å². The SMILES string of the molecule is Cc1nn(-c2ccc(CNC3CC3)c(Br)c2)c(C)c1C. The normalized spacial score (nSPS) is 14.8. The lowest BCUT2D eigenvalue weighted by Gasteiger charge is -2.10. The molecule has 0 radical (unpaired) electrons. The average Bonchev–Trinajstić information content (AvgIpc) is 3.21. The number of hydrogen-bond acceptors (Lipinski definition) is 2. The third-order valence-corrected chi connectivity index (χ3v) is 4.83. The number of benzene rings is 1. The van der Waals surface area contributed by atoms with Crippen LogP contribution in [0.1, 0.15) is 35.4 Å². The van der Waals surface area contributed by atoms with Gasteiger partial charge in [0.1, 0.15) is 0 Å². The van der Waals surface area contributed by atoms with Crippen LogP contribution in [0.3, 0.4) is 0 Å². The smallest absolute Gasteiger partial charge is 0.0660 e. The second-order valence-corrected chi connectivity index (χ2v) is 6.49. The van der Waals surface area contributed by atoms with Crippen molar-refractivity contribution in [3.05, 3.63) is 45.2 Å². The molecule has 1 heterocycles. The lowest BCUT2D eigenvalue weighted by molar-refractivity contribution is 0.685. The Morgan fingerprint density at radius 1 is 1.30 bits per heavy atom. The van der Waals surface area contributed by atoms with Crippen LogP contribution in [0.15, 0.2) is 22.7 Å². The van der Waals surface area contributed by atoms with Crippen molar-refractivity contribution in [3.8, 4) is 5.69 Å². The highest BCUT2D eigenvalue weighted by atomic mass is 79.9. The van der Waals surface area contributed by atoms with Crippen LogP contribution in [-0.4, -0.2) is 15.8 Å². The van der Waals surface area contributed by atoms with E-state index in [1.165, 1.54) is 29.7 Å². The zero-order valence-electron chi connectivity index (χ0n) is 12.2. The number of rotatable bonds is 4. The summed E-state index contributed by atoms with van der Waals surface area (Å²) < 4.78 is 3.17. The van der Waals surface area contributed by atoms with Gasteiger partial charge in [-0.3, -0.25) is 0 Å². The van der Waals surface area contributed by atoms with E-state index >= 15 is 0 Å². The molecule has 3 nitrogen and oxygen atoms in total. The van der Waals surface area contributed by atoms with Gasteiger partial charge in [-0.25, -0.2) is 4.68 Å². The van der Waals surface area contributed by atoms with Gasteiger partial charge in [0, 0.05) is 22.8 Å². The van der Waals surface area contributed by atoms with Crippen LogP contribution in [0.2, 0.25) is 0 Å². The maximum Gasteiger partial charge on any atom is 0.0660 e. The molecule has 1 saturated carbocycles. The Morgan fingerprint density at radius 3 is 2.60 bits per heavy atom. The molecule has 2 aromatic rings. The summed E-state index contributed by atoms with van der Waals surface area (Å²) in [4.78, 5) is 0. The van der Waals surface area contributed by atoms with Crippen molar-refractivity contribution < 1.29 is 0 Å². The maximum atomic E-state index is 4.62. The zero-order chi connectivity index (χ0) is 14.3. The summed E-state index contributed by atoms with van der Waals surface area (Å²) >= 11 is 3.68. The third kappa shape index (κ3) is 2.67. The molecular weight excluding hydrogens is 314 g/mol. The molecule has 1 fully saturated rings. The molecule has 0 amide bonds. The van der Waals surface area contributed by atoms with Crippen molar-refractivity contribution in [2.24, 2.45) is 0 Å². The Bertz CT molecular complexity index is 641. The van der Waals surface area contributed by atoms with Crippen LogP contribution in [0.5, 0.6) is 0 Å². The summed E-state index contributed by atoms with van der Waals surface area (Å²) in [7, 11) is 0. The first-order chi connectivity index (χ1) is 9.56. The van der Waals surface area contributed by atoms with Crippen LogP contribution < -0.4 is 5.32 Å². The molecule has 106 valence electrons. The summed E-state index contributed by atoms with van der Waals surface area (Å²) in [6.45, 7) is 7.23. The molecule has 1 aromatic heterocycles. The summed E-state index contributed by atoms with van der Waals surface area (Å²) in [5.41, 5.74) is 5.98. The Balaban J connectivity index is 1.86. The van der Waals surface area contributed by atoms with E-state index in [0.29, 0.717) is 0 Å². The number of aromatic nitrogens is 2. The van der Waals surface area contributed by atoms with E-state index in [1.54, 1.807) is 0 Å². The predicted molar refractivity (Wildman–Crippen MR) is 85.3 cm³/mol. The monoisotopic (exact) mass is 333 g/mol. The third-order valence-electron chi connectivity index (χ3n) is 4.09. The van der Waals surface area contributed by atoms with E-state index < -0.39 is 0 Å². The van der Waals surface area contributed by atoms with Crippen molar-refractivity contribution in [2.45, 2.75) is 46.2 Å². The Hall–Kier alpha value is -1.13. The second kappa shape index (κ2) is 5.34. The van der Waals surface area contributed by atoms with Crippen molar-refractivity contribution in [2.75, 3.05) is 0 Å². The Labute approximate surface area is 128 Å². The quantitative estimate of drug-likeness (QED) is 0.921. The minimum atomic E-state index is 0.736. The van der Waals surface area contributed by atoms with Crippen molar-refractivity contribution in [1.29, 1.82) is 0 Å². The molecule has 0 atom stereocenters. The first-order valence-corrected chi connectivity index (χ1v) is 7.90. The van der Waals surface area contributed by atoms with E-state index in [0.717, 1.165) is 28.4 Å². The van der Waals surface area contributed by atoms with Gasteiger partial charge >= 0.3 is 0 Å². The van der Waals surface area contributed by atoms with Crippen molar-refractivity contribution >= 4 is 15.9 Å². The van der Waals surface area contributed by atoms with Gasteiger partial charge in [0.25, 0.3) is 0 Å². The van der Waals surface area contributed by atoms with Gasteiger partial charge in [0.15, 0.2) is 0 Å². The minimum absolute atomic E-state index is 0.736. The molecule has 3 rings (SSSR count). The van der Waals surface area contributed by atoms with Crippen molar-refractivity contribution in [3.63, 3.8) is 0 Å². The van der Waals surface area contributed by atoms with Crippen LogP contribution in [0.4, 0.5) is 0 Å². The molecule has 4 heteroatoms. The largest absolute Gasteiger partial charge is 0.310 e. The van der Waals surface area contributed by atoms with Gasteiger partial charge in [-0.15, -0.1) is 0 Å². The van der Waals surface area contributed by atoms with E-state index in [2.05, 4.69) is 65.3 Å². The summed E-state index contributed by atoms with van der Waals surface area (Å²) in [5.74, 6) is 0. The first-order valence-electron chi connectivity index (χ1n) is 7.11. The molecule has 0 spiro atoms. The lowest BCUT2D eigenvalue weighted by atomic mass is 10.2. The second-order valence-electron chi connectivity index (χ2n) is 5.64. The number of nitrogens with zero attached hydrogens (tertiary/aromatic N) is 2. The van der Waals surface area contributed by atoms with Gasteiger partial charge in [-0.05, 0) is 56.9 Å². The molecule has 0 saturated heterocycles. The molecule has 20 heavy (non-hydrogen) atoms. The van der Waals surface area contributed by atoms with Crippen LogP contribution in [0, 0.1) is 20.8 Å². The molecule has 0 aliphatic heterocycles. The van der Waals surface area contributed by atoms with E-state index in [1.807, 2.05) is 4.68 Å². The fourth-order valence-electron chi connectivity index (χ4n) is 2.33. The first kappa shape index (κ1) is 13.8. The van der Waals surface area contributed by atoms with Gasteiger partial charge in [-0.1, -0.05) is 22.0 Å². The number of aryl methyl sites for hydroxylation is 1. The number of nitrogens with one attached hydrogen (secondary N) is 1. The van der Waals surface area contributed by atoms with E-state index in [9.17, 15) is 0 Å². The van der Waals surface area contributed by atoms with Gasteiger partial charge in [-0.2, -0.15) is 5.10 Å². The highest BCUT2D eigenvalue weighted by Crippen LogP contribution is 2.25. The maximum absolute atomic E-state index is 4.62. The molecule has 0 bridgehead atoms. The topological polar surface area (TPSA) is 29.9 Å². The highest BCUT2D eigenvalue weighted by molar-refractivity contribution is 9.10. The van der Waals surface area contributed by atoms with Crippen LogP contribution in [-0.2, 0) is 6.54 Å². The van der Waals surface area contributed by atoms with Crippen LogP contribution >= 0.6 is 15.9 Å².